The summed E-state index contributed by atoms with van der Waals surface area (Å²) in [5.41, 5.74) is 7.65. The molecule has 0 fully saturated rings. The second-order valence-electron chi connectivity index (χ2n) is 8.66. The van der Waals surface area contributed by atoms with Gasteiger partial charge < -0.3 is 9.97 Å². The standard InChI is InChI=1S/C29H26N4/c1-2-3-5-16-22-25-20-14-8-10-17-23(20)31-28(25)29(33-32-19-12-6-4-7-13-19)26-21-15-9-11-18-24(21)30-27(22)26/h4,6-15,17-18,30-31H,2-3,5,16H2,1H3. The molecule has 6 aromatic rings. The monoisotopic (exact) mass is 430 g/mol. The van der Waals surface area contributed by atoms with Crippen LogP contribution in [0.25, 0.3) is 43.6 Å². The lowest BCUT2D eigenvalue weighted by molar-refractivity contribution is 0.721. The van der Waals surface area contributed by atoms with E-state index in [4.69, 9.17) is 5.11 Å². The van der Waals surface area contributed by atoms with E-state index in [9.17, 15) is 0 Å². The number of azo groups is 1. The van der Waals surface area contributed by atoms with Gasteiger partial charge in [0.25, 0.3) is 0 Å². The summed E-state index contributed by atoms with van der Waals surface area (Å²) in [6.07, 6.45) is 4.63. The first kappa shape index (κ1) is 19.7. The Kier molecular flexibility index (Phi) is 4.91. The van der Waals surface area contributed by atoms with Gasteiger partial charge in [-0.1, -0.05) is 74.4 Å². The lowest BCUT2D eigenvalue weighted by Crippen LogP contribution is -1.91. The third kappa shape index (κ3) is 3.30. The Morgan fingerprint density at radius 2 is 1.27 bits per heavy atom. The van der Waals surface area contributed by atoms with Crippen LogP contribution in [-0.2, 0) is 6.42 Å². The van der Waals surface area contributed by atoms with E-state index in [1.54, 1.807) is 0 Å². The molecule has 0 spiro atoms. The number of nitrogens with one attached hydrogen (secondary N) is 2. The van der Waals surface area contributed by atoms with Crippen molar-refractivity contribution in [1.82, 2.24) is 9.97 Å². The van der Waals surface area contributed by atoms with Crippen LogP contribution in [0.2, 0.25) is 0 Å². The van der Waals surface area contributed by atoms with Gasteiger partial charge in [-0.15, -0.1) is 5.11 Å². The number of nitrogens with zero attached hydrogens (tertiary/aromatic N) is 2. The average molecular weight is 431 g/mol. The number of aromatic nitrogens is 2. The molecule has 0 radical (unpaired) electrons. The summed E-state index contributed by atoms with van der Waals surface area (Å²) in [5, 5.41) is 14.3. The average Bonchev–Trinajstić information content (AvgIpc) is 3.43. The van der Waals surface area contributed by atoms with Crippen LogP contribution in [-0.4, -0.2) is 9.97 Å². The molecule has 0 unspecified atom stereocenters. The quantitative estimate of drug-likeness (QED) is 0.195. The summed E-state index contributed by atoms with van der Waals surface area (Å²) in [6, 6.07) is 27.0. The molecule has 4 heteroatoms. The first-order valence-electron chi connectivity index (χ1n) is 11.8. The van der Waals surface area contributed by atoms with E-state index >= 15 is 0 Å². The van der Waals surface area contributed by atoms with Crippen LogP contribution in [0.1, 0.15) is 31.7 Å². The van der Waals surface area contributed by atoms with E-state index in [1.165, 1.54) is 46.5 Å². The Morgan fingerprint density at radius 1 is 0.636 bits per heavy atom. The summed E-state index contributed by atoms with van der Waals surface area (Å²) < 4.78 is 0. The molecular weight excluding hydrogens is 404 g/mol. The van der Waals surface area contributed by atoms with Crippen molar-refractivity contribution in [3.05, 3.63) is 84.4 Å². The largest absolute Gasteiger partial charge is 0.354 e. The van der Waals surface area contributed by atoms with Crippen molar-refractivity contribution in [1.29, 1.82) is 0 Å². The molecule has 4 nitrogen and oxygen atoms in total. The third-order valence-corrected chi connectivity index (χ3v) is 6.54. The molecule has 2 aromatic heterocycles. The van der Waals surface area contributed by atoms with E-state index in [0.717, 1.165) is 39.7 Å². The van der Waals surface area contributed by atoms with E-state index in [-0.39, 0.29) is 0 Å². The smallest absolute Gasteiger partial charge is 0.120 e. The Balaban J connectivity index is 1.74. The second kappa shape index (κ2) is 8.21. The predicted octanol–water partition coefficient (Wildman–Crippen LogP) is 9.10. The molecular formula is C29H26N4. The zero-order chi connectivity index (χ0) is 22.2. The van der Waals surface area contributed by atoms with Crippen LogP contribution in [0.15, 0.2) is 89.1 Å². The van der Waals surface area contributed by atoms with Crippen molar-refractivity contribution >= 4 is 55.0 Å². The maximum atomic E-state index is 4.86. The van der Waals surface area contributed by atoms with Gasteiger partial charge in [-0.2, -0.15) is 5.11 Å². The summed E-state index contributed by atoms with van der Waals surface area (Å²) in [5.74, 6) is 0. The molecule has 0 bridgehead atoms. The highest BCUT2D eigenvalue weighted by Gasteiger charge is 2.21. The first-order valence-corrected chi connectivity index (χ1v) is 11.8. The van der Waals surface area contributed by atoms with E-state index in [1.807, 2.05) is 30.3 Å². The number of unbranched alkanes of at least 4 members (excludes halogenated alkanes) is 2. The molecule has 33 heavy (non-hydrogen) atoms. The molecule has 6 rings (SSSR count). The van der Waals surface area contributed by atoms with E-state index in [0.29, 0.717) is 0 Å². The van der Waals surface area contributed by atoms with E-state index < -0.39 is 0 Å². The minimum Gasteiger partial charge on any atom is -0.354 e. The molecule has 2 heterocycles. The van der Waals surface area contributed by atoms with Gasteiger partial charge in [0.1, 0.15) is 5.69 Å². The molecule has 0 saturated heterocycles. The Hall–Kier alpha value is -3.92. The Labute approximate surface area is 192 Å². The molecule has 0 atom stereocenters. The Bertz CT molecular complexity index is 1610. The molecule has 0 aliphatic rings. The van der Waals surface area contributed by atoms with Crippen molar-refractivity contribution in [2.75, 3.05) is 0 Å². The summed E-state index contributed by atoms with van der Waals surface area (Å²) in [6.45, 7) is 2.26. The molecule has 0 aliphatic carbocycles. The van der Waals surface area contributed by atoms with Gasteiger partial charge in [0.2, 0.25) is 0 Å². The zero-order valence-electron chi connectivity index (χ0n) is 18.7. The number of aryl methyl sites for hydroxylation is 1. The van der Waals surface area contributed by atoms with Gasteiger partial charge in [-0.25, -0.2) is 0 Å². The molecule has 162 valence electrons. The SMILES string of the molecule is CCCCCc1c2[nH]c3ccccc3c2c(N=Nc2ccccc2)c2[nH]c3ccccc3c12. The van der Waals surface area contributed by atoms with Crippen molar-refractivity contribution in [2.45, 2.75) is 32.6 Å². The van der Waals surface area contributed by atoms with Gasteiger partial charge in [-0.05, 0) is 42.7 Å². The molecule has 0 aliphatic heterocycles. The van der Waals surface area contributed by atoms with Crippen LogP contribution in [0.3, 0.4) is 0 Å². The number of aromatic amines is 2. The molecule has 0 amide bonds. The minimum atomic E-state index is 0.849. The summed E-state index contributed by atoms with van der Waals surface area (Å²) in [4.78, 5) is 7.44. The highest BCUT2D eigenvalue weighted by molar-refractivity contribution is 6.25. The summed E-state index contributed by atoms with van der Waals surface area (Å²) in [7, 11) is 0. The van der Waals surface area contributed by atoms with Gasteiger partial charge in [0.15, 0.2) is 0 Å². The second-order valence-corrected chi connectivity index (χ2v) is 8.66. The fraction of sp³-hybridized carbons (Fsp3) is 0.172. The number of H-pyrrole nitrogens is 2. The fourth-order valence-electron chi connectivity index (χ4n) is 5.00. The minimum absolute atomic E-state index is 0.849. The van der Waals surface area contributed by atoms with Gasteiger partial charge in [0.05, 0.1) is 16.7 Å². The zero-order valence-corrected chi connectivity index (χ0v) is 18.7. The van der Waals surface area contributed by atoms with Crippen molar-refractivity contribution in [2.24, 2.45) is 10.2 Å². The van der Waals surface area contributed by atoms with Crippen LogP contribution >= 0.6 is 0 Å². The van der Waals surface area contributed by atoms with E-state index in [2.05, 4.69) is 70.5 Å². The number of fused-ring (bicyclic) bond motifs is 6. The number of benzene rings is 4. The van der Waals surface area contributed by atoms with Gasteiger partial charge >= 0.3 is 0 Å². The summed E-state index contributed by atoms with van der Waals surface area (Å²) >= 11 is 0. The Morgan fingerprint density at radius 3 is 2.00 bits per heavy atom. The van der Waals surface area contributed by atoms with Crippen LogP contribution in [0.4, 0.5) is 11.4 Å². The van der Waals surface area contributed by atoms with Crippen LogP contribution < -0.4 is 0 Å². The van der Waals surface area contributed by atoms with Gasteiger partial charge in [0, 0.05) is 32.6 Å². The maximum absolute atomic E-state index is 4.86. The third-order valence-electron chi connectivity index (χ3n) is 6.54. The highest BCUT2D eigenvalue weighted by atomic mass is 15.1. The van der Waals surface area contributed by atoms with Crippen molar-refractivity contribution < 1.29 is 0 Å². The number of rotatable bonds is 6. The predicted molar refractivity (Wildman–Crippen MR) is 139 cm³/mol. The fourth-order valence-corrected chi connectivity index (χ4v) is 5.00. The number of hydrogen-bond donors (Lipinski definition) is 2. The lowest BCUT2D eigenvalue weighted by Gasteiger charge is -2.09. The van der Waals surface area contributed by atoms with Gasteiger partial charge in [-0.3, -0.25) is 0 Å². The van der Waals surface area contributed by atoms with Crippen molar-refractivity contribution in [3.63, 3.8) is 0 Å². The maximum Gasteiger partial charge on any atom is 0.120 e. The number of para-hydroxylation sites is 2. The normalized spacial score (nSPS) is 12.2. The highest BCUT2D eigenvalue weighted by Crippen LogP contribution is 2.45. The number of hydrogen-bond acceptors (Lipinski definition) is 2. The van der Waals surface area contributed by atoms with Crippen LogP contribution in [0.5, 0.6) is 0 Å². The first-order chi connectivity index (χ1) is 16.3. The molecule has 0 saturated carbocycles. The molecule has 2 N–H and O–H groups in total. The van der Waals surface area contributed by atoms with Crippen LogP contribution in [0, 0.1) is 0 Å². The van der Waals surface area contributed by atoms with Crippen molar-refractivity contribution in [3.8, 4) is 0 Å². The lowest BCUT2D eigenvalue weighted by atomic mass is 9.96. The topological polar surface area (TPSA) is 56.3 Å². The molecule has 4 aromatic carbocycles.